The zero-order chi connectivity index (χ0) is 23.8. The first kappa shape index (κ1) is 25.1. The lowest BCUT2D eigenvalue weighted by molar-refractivity contribution is -0.122. The Labute approximate surface area is 197 Å². The van der Waals surface area contributed by atoms with Crippen LogP contribution in [0, 0.1) is 0 Å². The van der Waals surface area contributed by atoms with Crippen LogP contribution in [0.25, 0.3) is 0 Å². The molecule has 1 aliphatic heterocycles. The Morgan fingerprint density at radius 2 is 1.79 bits per heavy atom. The van der Waals surface area contributed by atoms with E-state index in [-0.39, 0.29) is 5.91 Å². The molecule has 1 amide bonds. The van der Waals surface area contributed by atoms with Crippen LogP contribution in [0.4, 0.5) is 5.69 Å². The second-order valence-electron chi connectivity index (χ2n) is 8.56. The molecule has 33 heavy (non-hydrogen) atoms. The maximum Gasteiger partial charge on any atom is 0.244 e. The molecule has 1 fully saturated rings. The monoisotopic (exact) mass is 473 g/mol. The molecule has 0 aromatic heterocycles. The van der Waals surface area contributed by atoms with Crippen molar-refractivity contribution in [1.29, 1.82) is 0 Å². The van der Waals surface area contributed by atoms with Crippen molar-refractivity contribution in [1.82, 2.24) is 10.2 Å². The summed E-state index contributed by atoms with van der Waals surface area (Å²) >= 11 is 0. The van der Waals surface area contributed by atoms with Crippen molar-refractivity contribution < 1.29 is 17.9 Å². The largest absolute Gasteiger partial charge is 0.497 e. The van der Waals surface area contributed by atoms with E-state index in [0.29, 0.717) is 24.4 Å². The molecule has 0 spiro atoms. The van der Waals surface area contributed by atoms with Crippen molar-refractivity contribution in [2.24, 2.45) is 0 Å². The molecule has 0 radical (unpaired) electrons. The molecule has 1 N–H and O–H groups in total. The van der Waals surface area contributed by atoms with E-state index in [4.69, 9.17) is 4.74 Å². The second kappa shape index (κ2) is 11.5. The van der Waals surface area contributed by atoms with Gasteiger partial charge in [-0.05, 0) is 55.6 Å². The first-order valence-corrected chi connectivity index (χ1v) is 13.4. The number of nitrogens with one attached hydrogen (secondary N) is 1. The highest BCUT2D eigenvalue weighted by atomic mass is 32.2. The van der Waals surface area contributed by atoms with Crippen LogP contribution in [0.2, 0.25) is 0 Å². The van der Waals surface area contributed by atoms with E-state index in [1.54, 1.807) is 24.3 Å². The Bertz CT molecular complexity index is 1040. The van der Waals surface area contributed by atoms with Crippen LogP contribution in [-0.2, 0) is 27.9 Å². The van der Waals surface area contributed by atoms with Crippen molar-refractivity contribution in [3.05, 3.63) is 59.7 Å². The summed E-state index contributed by atoms with van der Waals surface area (Å²) in [4.78, 5) is 15.6. The maximum absolute atomic E-state index is 13.1. The average Bonchev–Trinajstić information content (AvgIpc) is 2.81. The summed E-state index contributed by atoms with van der Waals surface area (Å²) in [7, 11) is -2.17. The molecule has 7 nitrogen and oxygen atoms in total. The number of likely N-dealkylation sites (tertiary alicyclic amines) is 1. The third kappa shape index (κ3) is 6.95. The summed E-state index contributed by atoms with van der Waals surface area (Å²) in [6, 6.07) is 14.1. The van der Waals surface area contributed by atoms with Gasteiger partial charge >= 0.3 is 0 Å². The van der Waals surface area contributed by atoms with E-state index < -0.39 is 16.1 Å². The Morgan fingerprint density at radius 3 is 2.45 bits per heavy atom. The summed E-state index contributed by atoms with van der Waals surface area (Å²) in [5.41, 5.74) is 2.63. The van der Waals surface area contributed by atoms with E-state index in [9.17, 15) is 13.2 Å². The fourth-order valence-electron chi connectivity index (χ4n) is 4.33. The number of methoxy groups -OCH3 is 1. The number of nitrogens with zero attached hydrogens (tertiary/aromatic N) is 2. The lowest BCUT2D eigenvalue weighted by Gasteiger charge is -2.30. The van der Waals surface area contributed by atoms with Crippen molar-refractivity contribution in [2.75, 3.05) is 30.8 Å². The van der Waals surface area contributed by atoms with Gasteiger partial charge in [-0.1, -0.05) is 43.7 Å². The first-order chi connectivity index (χ1) is 15.8. The van der Waals surface area contributed by atoms with E-state index in [1.165, 1.54) is 36.2 Å². The number of rotatable bonds is 10. The number of benzene rings is 2. The number of hydrogen-bond acceptors (Lipinski definition) is 5. The summed E-state index contributed by atoms with van der Waals surface area (Å²) in [6.07, 6.45) is 5.26. The first-order valence-electron chi connectivity index (χ1n) is 11.5. The summed E-state index contributed by atoms with van der Waals surface area (Å²) < 4.78 is 31.7. The lowest BCUT2D eigenvalue weighted by Crippen LogP contribution is -2.49. The second-order valence-corrected chi connectivity index (χ2v) is 10.4. The Morgan fingerprint density at radius 1 is 1.09 bits per heavy atom. The molecule has 1 saturated heterocycles. The maximum atomic E-state index is 13.1. The molecule has 8 heteroatoms. The molecule has 1 atom stereocenters. The van der Waals surface area contributed by atoms with Crippen molar-refractivity contribution in [3.8, 4) is 5.75 Å². The smallest absolute Gasteiger partial charge is 0.244 e. The minimum Gasteiger partial charge on any atom is -0.497 e. The van der Waals surface area contributed by atoms with Crippen LogP contribution in [0.5, 0.6) is 5.75 Å². The quantitative estimate of drug-likeness (QED) is 0.571. The number of amides is 1. The van der Waals surface area contributed by atoms with Crippen LogP contribution in [-0.4, -0.2) is 51.7 Å². The van der Waals surface area contributed by atoms with Crippen LogP contribution < -0.4 is 14.4 Å². The van der Waals surface area contributed by atoms with Gasteiger partial charge in [0.05, 0.1) is 19.1 Å². The van der Waals surface area contributed by atoms with Gasteiger partial charge in [0.1, 0.15) is 11.8 Å². The molecule has 1 heterocycles. The highest BCUT2D eigenvalue weighted by molar-refractivity contribution is 7.92. The van der Waals surface area contributed by atoms with Gasteiger partial charge in [-0.3, -0.25) is 14.0 Å². The average molecular weight is 474 g/mol. The molecule has 0 aliphatic carbocycles. The van der Waals surface area contributed by atoms with Crippen molar-refractivity contribution in [3.63, 3.8) is 0 Å². The van der Waals surface area contributed by atoms with Gasteiger partial charge in [-0.15, -0.1) is 0 Å². The predicted octanol–water partition coefficient (Wildman–Crippen LogP) is 3.54. The number of hydrogen-bond donors (Lipinski definition) is 1. The number of sulfonamides is 1. The fourth-order valence-corrected chi connectivity index (χ4v) is 5.53. The highest BCUT2D eigenvalue weighted by Crippen LogP contribution is 2.26. The summed E-state index contributed by atoms with van der Waals surface area (Å²) in [5, 5.41) is 2.94. The number of piperidine rings is 1. The highest BCUT2D eigenvalue weighted by Gasteiger charge is 2.31. The number of carbonyl (C=O) groups excluding carboxylic acids is 1. The Kier molecular flexibility index (Phi) is 8.74. The molecule has 0 saturated carbocycles. The standard InChI is InChI=1S/C25H35N3O4S/c1-4-24(28(33(3,30)31)22-12-9-13-23(17-22)32-2)25(29)26-18-20-10-8-11-21(16-20)19-27-14-6-5-7-15-27/h8-13,16-17,24H,4-7,14-15,18-19H2,1-3H3,(H,26,29)/t24-/m1/s1. The zero-order valence-corrected chi connectivity index (χ0v) is 20.6. The van der Waals surface area contributed by atoms with Gasteiger partial charge in [-0.25, -0.2) is 8.42 Å². The molecule has 0 bridgehead atoms. The molecule has 2 aromatic rings. The predicted molar refractivity (Wildman–Crippen MR) is 132 cm³/mol. The molecule has 3 rings (SSSR count). The summed E-state index contributed by atoms with van der Waals surface area (Å²) in [5.74, 6) is 0.203. The van der Waals surface area contributed by atoms with Crippen molar-refractivity contribution in [2.45, 2.75) is 51.7 Å². The van der Waals surface area contributed by atoms with Gasteiger partial charge in [0, 0.05) is 19.2 Å². The van der Waals surface area contributed by atoms with Crippen LogP contribution in [0.1, 0.15) is 43.7 Å². The van der Waals surface area contributed by atoms with Gasteiger partial charge in [-0.2, -0.15) is 0 Å². The molecule has 1 aliphatic rings. The van der Waals surface area contributed by atoms with E-state index in [1.807, 2.05) is 19.1 Å². The third-order valence-electron chi connectivity index (χ3n) is 5.95. The van der Waals surface area contributed by atoms with E-state index in [2.05, 4.69) is 22.3 Å². The summed E-state index contributed by atoms with van der Waals surface area (Å²) in [6.45, 7) is 5.33. The molecular formula is C25H35N3O4S. The molecule has 0 unspecified atom stereocenters. The van der Waals surface area contributed by atoms with E-state index in [0.717, 1.165) is 31.5 Å². The molecule has 2 aromatic carbocycles. The lowest BCUT2D eigenvalue weighted by atomic mass is 10.1. The normalized spacial score (nSPS) is 15.6. The van der Waals surface area contributed by atoms with Gasteiger partial charge in [0.2, 0.25) is 15.9 Å². The van der Waals surface area contributed by atoms with Gasteiger partial charge in [0.25, 0.3) is 0 Å². The van der Waals surface area contributed by atoms with Crippen LogP contribution >= 0.6 is 0 Å². The fraction of sp³-hybridized carbons (Fsp3) is 0.480. The topological polar surface area (TPSA) is 79.0 Å². The van der Waals surface area contributed by atoms with Crippen LogP contribution in [0.15, 0.2) is 48.5 Å². The van der Waals surface area contributed by atoms with Gasteiger partial charge in [0.15, 0.2) is 0 Å². The zero-order valence-electron chi connectivity index (χ0n) is 19.8. The molecule has 180 valence electrons. The number of carbonyl (C=O) groups is 1. The minimum atomic E-state index is -3.69. The van der Waals surface area contributed by atoms with Crippen molar-refractivity contribution >= 4 is 21.6 Å². The number of anilines is 1. The number of ether oxygens (including phenoxy) is 1. The molecular weight excluding hydrogens is 438 g/mol. The van der Waals surface area contributed by atoms with E-state index >= 15 is 0 Å². The minimum absolute atomic E-state index is 0.327. The third-order valence-corrected chi connectivity index (χ3v) is 7.13. The Hall–Kier alpha value is -2.58. The van der Waals surface area contributed by atoms with Crippen LogP contribution in [0.3, 0.4) is 0 Å². The van der Waals surface area contributed by atoms with Gasteiger partial charge < -0.3 is 10.1 Å². The Balaban J connectivity index is 1.71. The SMILES string of the molecule is CC[C@H](C(=O)NCc1cccc(CN2CCCCC2)c1)N(c1cccc(OC)c1)S(C)(=O)=O.